The topological polar surface area (TPSA) is 94.3 Å². The summed E-state index contributed by atoms with van der Waals surface area (Å²) in [4.78, 5) is 23.7. The van der Waals surface area contributed by atoms with Gasteiger partial charge >= 0.3 is 5.97 Å². The number of aryl methyl sites for hydroxylation is 3. The molecule has 0 aliphatic heterocycles. The number of ether oxygens (including phenoxy) is 1. The molecule has 1 heterocycles. The molecular weight excluding hydrogens is 302 g/mol. The minimum Gasteiger partial charge on any atom is -0.452 e. The Labute approximate surface area is 132 Å². The van der Waals surface area contributed by atoms with E-state index in [1.54, 1.807) is 13.0 Å². The van der Waals surface area contributed by atoms with Crippen molar-refractivity contribution in [2.75, 3.05) is 17.7 Å². The number of carbonyl (C=O) groups is 2. The Morgan fingerprint density at radius 1 is 1.27 bits per heavy atom. The Morgan fingerprint density at radius 2 is 2.00 bits per heavy atom. The summed E-state index contributed by atoms with van der Waals surface area (Å²) in [6.07, 6.45) is 0. The number of anilines is 2. The average molecular weight is 319 g/mol. The molecule has 0 saturated heterocycles. The Morgan fingerprint density at radius 3 is 2.59 bits per heavy atom. The van der Waals surface area contributed by atoms with Crippen LogP contribution in [0.4, 0.5) is 10.7 Å². The smallest absolute Gasteiger partial charge is 0.343 e. The average Bonchev–Trinajstić information content (AvgIpc) is 2.80. The van der Waals surface area contributed by atoms with E-state index >= 15 is 0 Å². The van der Waals surface area contributed by atoms with Gasteiger partial charge in [-0.25, -0.2) is 4.79 Å². The molecule has 0 bridgehead atoms. The van der Waals surface area contributed by atoms with Crippen molar-refractivity contribution in [3.05, 3.63) is 40.6 Å². The molecule has 2 aromatic rings. The van der Waals surface area contributed by atoms with Gasteiger partial charge in [0.15, 0.2) is 6.61 Å². The van der Waals surface area contributed by atoms with Crippen molar-refractivity contribution in [1.29, 1.82) is 0 Å². The molecule has 6 nitrogen and oxygen atoms in total. The Kier molecular flexibility index (Phi) is 4.77. The highest BCUT2D eigenvalue weighted by atomic mass is 32.1. The van der Waals surface area contributed by atoms with E-state index in [-0.39, 0.29) is 17.2 Å². The van der Waals surface area contributed by atoms with E-state index in [4.69, 9.17) is 10.5 Å². The third kappa shape index (κ3) is 3.62. The third-order valence-corrected chi connectivity index (χ3v) is 3.98. The zero-order valence-corrected chi connectivity index (χ0v) is 13.4. The number of aromatic nitrogens is 1. The standard InChI is InChI=1S/C15H17N3O3S/c1-8-4-5-11(6-9(8)2)17-12(19)7-21-15(20)13-10(3)18-22-14(13)16/h4-6H,7,16H2,1-3H3,(H,17,19). The third-order valence-electron chi connectivity index (χ3n) is 3.22. The maximum Gasteiger partial charge on any atom is 0.343 e. The summed E-state index contributed by atoms with van der Waals surface area (Å²) in [6, 6.07) is 5.57. The minimum absolute atomic E-state index is 0.226. The van der Waals surface area contributed by atoms with Crippen molar-refractivity contribution < 1.29 is 14.3 Å². The van der Waals surface area contributed by atoms with E-state index in [1.165, 1.54) is 0 Å². The summed E-state index contributed by atoms with van der Waals surface area (Å²) >= 11 is 1.03. The van der Waals surface area contributed by atoms with Crippen molar-refractivity contribution >= 4 is 34.1 Å². The van der Waals surface area contributed by atoms with Crippen LogP contribution < -0.4 is 11.1 Å². The lowest BCUT2D eigenvalue weighted by Gasteiger charge is -2.08. The maximum absolute atomic E-state index is 11.9. The molecule has 116 valence electrons. The van der Waals surface area contributed by atoms with Crippen molar-refractivity contribution in [2.45, 2.75) is 20.8 Å². The summed E-state index contributed by atoms with van der Waals surface area (Å²) in [6.45, 7) is 5.24. The highest BCUT2D eigenvalue weighted by Crippen LogP contribution is 2.21. The van der Waals surface area contributed by atoms with E-state index in [0.717, 1.165) is 22.7 Å². The van der Waals surface area contributed by atoms with Crippen LogP contribution in [0.1, 0.15) is 27.2 Å². The quantitative estimate of drug-likeness (QED) is 0.844. The lowest BCUT2D eigenvalue weighted by atomic mass is 10.1. The molecular formula is C15H17N3O3S. The molecule has 0 aliphatic carbocycles. The number of hydrogen-bond donors (Lipinski definition) is 2. The van der Waals surface area contributed by atoms with Crippen LogP contribution >= 0.6 is 11.5 Å². The second-order valence-electron chi connectivity index (χ2n) is 4.93. The Balaban J connectivity index is 1.93. The van der Waals surface area contributed by atoms with Gasteiger partial charge in [-0.05, 0) is 55.6 Å². The molecule has 0 radical (unpaired) electrons. The van der Waals surface area contributed by atoms with Gasteiger partial charge in [0.25, 0.3) is 5.91 Å². The van der Waals surface area contributed by atoms with Gasteiger partial charge in [-0.15, -0.1) is 0 Å². The summed E-state index contributed by atoms with van der Waals surface area (Å²) in [5.41, 5.74) is 9.26. The normalized spacial score (nSPS) is 10.3. The first-order chi connectivity index (χ1) is 10.4. The number of rotatable bonds is 4. The molecule has 0 unspecified atom stereocenters. The summed E-state index contributed by atoms with van der Waals surface area (Å²) in [7, 11) is 0. The molecule has 1 aromatic carbocycles. The molecule has 22 heavy (non-hydrogen) atoms. The van der Waals surface area contributed by atoms with Gasteiger partial charge in [0.1, 0.15) is 10.6 Å². The number of amides is 1. The van der Waals surface area contributed by atoms with Gasteiger partial charge in [0.05, 0.1) is 5.69 Å². The number of nitrogen functional groups attached to an aromatic ring is 1. The van der Waals surface area contributed by atoms with Crippen LogP contribution in [0.25, 0.3) is 0 Å². The van der Waals surface area contributed by atoms with E-state index in [1.807, 2.05) is 26.0 Å². The largest absolute Gasteiger partial charge is 0.452 e. The van der Waals surface area contributed by atoms with E-state index in [0.29, 0.717) is 11.4 Å². The zero-order chi connectivity index (χ0) is 16.3. The minimum atomic E-state index is -0.640. The highest BCUT2D eigenvalue weighted by Gasteiger charge is 2.19. The van der Waals surface area contributed by atoms with Crippen molar-refractivity contribution in [3.8, 4) is 0 Å². The van der Waals surface area contributed by atoms with E-state index in [2.05, 4.69) is 9.69 Å². The van der Waals surface area contributed by atoms with Gasteiger partial charge in [-0.2, -0.15) is 4.37 Å². The van der Waals surface area contributed by atoms with Gasteiger partial charge in [-0.1, -0.05) is 6.07 Å². The number of carbonyl (C=O) groups excluding carboxylic acids is 2. The molecule has 0 atom stereocenters. The number of benzene rings is 1. The summed E-state index contributed by atoms with van der Waals surface area (Å²) in [5.74, 6) is -1.05. The molecule has 0 spiro atoms. The van der Waals surface area contributed by atoms with Gasteiger partial charge in [0.2, 0.25) is 0 Å². The van der Waals surface area contributed by atoms with Crippen LogP contribution in [0, 0.1) is 20.8 Å². The fraction of sp³-hybridized carbons (Fsp3) is 0.267. The molecule has 0 fully saturated rings. The number of nitrogens with two attached hydrogens (primary N) is 1. The van der Waals surface area contributed by atoms with Gasteiger partial charge in [-0.3, -0.25) is 4.79 Å². The van der Waals surface area contributed by atoms with E-state index < -0.39 is 11.9 Å². The van der Waals surface area contributed by atoms with Gasteiger partial charge in [0, 0.05) is 5.69 Å². The van der Waals surface area contributed by atoms with Crippen LogP contribution in [0.15, 0.2) is 18.2 Å². The SMILES string of the molecule is Cc1ccc(NC(=O)COC(=O)c2c(C)nsc2N)cc1C. The van der Waals surface area contributed by atoms with Crippen LogP contribution in [-0.2, 0) is 9.53 Å². The second kappa shape index (κ2) is 6.57. The number of hydrogen-bond acceptors (Lipinski definition) is 6. The predicted molar refractivity (Wildman–Crippen MR) is 86.1 cm³/mol. The van der Waals surface area contributed by atoms with Crippen LogP contribution in [0.2, 0.25) is 0 Å². The molecule has 1 aromatic heterocycles. The Bertz CT molecular complexity index is 705. The first kappa shape index (κ1) is 16.0. The first-order valence-electron chi connectivity index (χ1n) is 6.64. The molecule has 0 saturated carbocycles. The molecule has 7 heteroatoms. The Hall–Kier alpha value is -2.41. The second-order valence-corrected chi connectivity index (χ2v) is 5.74. The summed E-state index contributed by atoms with van der Waals surface area (Å²) < 4.78 is 8.94. The zero-order valence-electron chi connectivity index (χ0n) is 12.6. The first-order valence-corrected chi connectivity index (χ1v) is 7.42. The predicted octanol–water partition coefficient (Wildman–Crippen LogP) is 2.45. The number of esters is 1. The number of nitrogens with one attached hydrogen (secondary N) is 1. The van der Waals surface area contributed by atoms with Crippen LogP contribution in [0.3, 0.4) is 0 Å². The lowest BCUT2D eigenvalue weighted by Crippen LogP contribution is -2.21. The molecule has 3 N–H and O–H groups in total. The fourth-order valence-corrected chi connectivity index (χ4v) is 2.50. The summed E-state index contributed by atoms with van der Waals surface area (Å²) in [5, 5.41) is 2.97. The number of nitrogens with zero attached hydrogens (tertiary/aromatic N) is 1. The van der Waals surface area contributed by atoms with Crippen molar-refractivity contribution in [2.24, 2.45) is 0 Å². The van der Waals surface area contributed by atoms with E-state index in [9.17, 15) is 9.59 Å². The van der Waals surface area contributed by atoms with Gasteiger partial charge < -0.3 is 15.8 Å². The molecule has 2 rings (SSSR count). The van der Waals surface area contributed by atoms with Crippen LogP contribution in [0.5, 0.6) is 0 Å². The molecule has 0 aliphatic rings. The highest BCUT2D eigenvalue weighted by molar-refractivity contribution is 7.10. The lowest BCUT2D eigenvalue weighted by molar-refractivity contribution is -0.119. The van der Waals surface area contributed by atoms with Crippen LogP contribution in [-0.4, -0.2) is 22.9 Å². The fourth-order valence-electron chi connectivity index (χ4n) is 1.86. The van der Waals surface area contributed by atoms with Crippen molar-refractivity contribution in [3.63, 3.8) is 0 Å². The monoisotopic (exact) mass is 319 g/mol. The molecule has 1 amide bonds. The maximum atomic E-state index is 11.9. The van der Waals surface area contributed by atoms with Crippen molar-refractivity contribution in [1.82, 2.24) is 4.37 Å².